The van der Waals surface area contributed by atoms with Gasteiger partial charge in [-0.1, -0.05) is 52.2 Å². The lowest BCUT2D eigenvalue weighted by atomic mass is 9.69. The zero-order chi connectivity index (χ0) is 18.3. The Morgan fingerprint density at radius 1 is 1.16 bits per heavy atom. The minimum Gasteiger partial charge on any atom is -0.325 e. The summed E-state index contributed by atoms with van der Waals surface area (Å²) in [5.41, 5.74) is 0.531. The van der Waals surface area contributed by atoms with Crippen molar-refractivity contribution in [1.29, 1.82) is 0 Å². The standard InChI is InChI=1S/C21H31NO2S/c1-4-19(23)25-18-11-7-6-10-17(18)22-20(24)21(15-12-16(2)3)13-8-5-9-14-21/h6-7,10-11,16H,4-5,8-9,12-15H2,1-3H3,(H,22,24). The van der Waals surface area contributed by atoms with Crippen molar-refractivity contribution in [1.82, 2.24) is 0 Å². The molecule has 0 heterocycles. The van der Waals surface area contributed by atoms with Crippen LogP contribution in [0, 0.1) is 11.3 Å². The molecule has 138 valence electrons. The number of anilines is 1. The zero-order valence-corrected chi connectivity index (χ0v) is 16.6. The van der Waals surface area contributed by atoms with Gasteiger partial charge in [-0.3, -0.25) is 9.59 Å². The molecular formula is C21H31NO2S. The Kier molecular flexibility index (Phi) is 7.55. The molecule has 0 atom stereocenters. The number of carbonyl (C=O) groups is 2. The first-order valence-electron chi connectivity index (χ1n) is 9.58. The summed E-state index contributed by atoms with van der Waals surface area (Å²) in [4.78, 5) is 25.9. The highest BCUT2D eigenvalue weighted by molar-refractivity contribution is 8.13. The topological polar surface area (TPSA) is 46.2 Å². The molecule has 1 aromatic carbocycles. The van der Waals surface area contributed by atoms with Gasteiger partial charge >= 0.3 is 0 Å². The summed E-state index contributed by atoms with van der Waals surface area (Å²) in [5, 5.41) is 3.28. The lowest BCUT2D eigenvalue weighted by Gasteiger charge is -2.36. The minimum atomic E-state index is -0.241. The molecular weight excluding hydrogens is 330 g/mol. The second-order valence-electron chi connectivity index (χ2n) is 7.55. The second-order valence-corrected chi connectivity index (χ2v) is 8.65. The normalized spacial score (nSPS) is 16.6. The van der Waals surface area contributed by atoms with Crippen LogP contribution in [0.25, 0.3) is 0 Å². The van der Waals surface area contributed by atoms with Crippen LogP contribution < -0.4 is 5.32 Å². The van der Waals surface area contributed by atoms with E-state index in [9.17, 15) is 9.59 Å². The number of nitrogens with one attached hydrogen (secondary N) is 1. The number of rotatable bonds is 7. The summed E-state index contributed by atoms with van der Waals surface area (Å²) in [6, 6.07) is 7.64. The highest BCUT2D eigenvalue weighted by Crippen LogP contribution is 2.42. The van der Waals surface area contributed by atoms with Gasteiger partial charge in [-0.2, -0.15) is 0 Å². The second kappa shape index (κ2) is 9.42. The van der Waals surface area contributed by atoms with Crippen molar-refractivity contribution in [2.24, 2.45) is 11.3 Å². The molecule has 1 aliphatic carbocycles. The Morgan fingerprint density at radius 3 is 2.48 bits per heavy atom. The molecule has 0 radical (unpaired) electrons. The first kappa shape index (κ1) is 20.0. The first-order valence-corrected chi connectivity index (χ1v) is 10.4. The predicted octanol–water partition coefficient (Wildman–Crippen LogP) is 6.04. The monoisotopic (exact) mass is 361 g/mol. The van der Waals surface area contributed by atoms with Crippen LogP contribution in [0.1, 0.15) is 72.1 Å². The molecule has 3 nitrogen and oxygen atoms in total. The average molecular weight is 362 g/mol. The van der Waals surface area contributed by atoms with Crippen LogP contribution in [0.15, 0.2) is 29.2 Å². The van der Waals surface area contributed by atoms with E-state index in [1.807, 2.05) is 31.2 Å². The van der Waals surface area contributed by atoms with Crippen LogP contribution in [0.2, 0.25) is 0 Å². The maximum Gasteiger partial charge on any atom is 0.230 e. The van der Waals surface area contributed by atoms with Crippen LogP contribution in [0.4, 0.5) is 5.69 Å². The highest BCUT2D eigenvalue weighted by Gasteiger charge is 2.39. The summed E-state index contributed by atoms with van der Waals surface area (Å²) >= 11 is 1.22. The van der Waals surface area contributed by atoms with Gasteiger partial charge in [0, 0.05) is 16.7 Å². The maximum absolute atomic E-state index is 13.2. The summed E-state index contributed by atoms with van der Waals surface area (Å²) in [6.45, 7) is 6.30. The number of hydrogen-bond donors (Lipinski definition) is 1. The summed E-state index contributed by atoms with van der Waals surface area (Å²) < 4.78 is 0. The van der Waals surface area contributed by atoms with Crippen LogP contribution in [0.5, 0.6) is 0 Å². The zero-order valence-electron chi connectivity index (χ0n) is 15.8. The fraction of sp³-hybridized carbons (Fsp3) is 0.619. The Morgan fingerprint density at radius 2 is 1.84 bits per heavy atom. The Balaban J connectivity index is 2.16. The van der Waals surface area contributed by atoms with Crippen molar-refractivity contribution in [2.75, 3.05) is 5.32 Å². The Hall–Kier alpha value is -1.29. The quantitative estimate of drug-likeness (QED) is 0.602. The molecule has 2 rings (SSSR count). The lowest BCUT2D eigenvalue weighted by Crippen LogP contribution is -2.38. The van der Waals surface area contributed by atoms with Crippen molar-refractivity contribution in [2.45, 2.75) is 77.0 Å². The van der Waals surface area contributed by atoms with E-state index in [1.54, 1.807) is 0 Å². The fourth-order valence-corrected chi connectivity index (χ4v) is 4.26. The fourth-order valence-electron chi connectivity index (χ4n) is 3.49. The third-order valence-corrected chi connectivity index (χ3v) is 6.23. The summed E-state index contributed by atoms with van der Waals surface area (Å²) in [7, 11) is 0. The molecule has 4 heteroatoms. The SMILES string of the molecule is CCC(=O)Sc1ccccc1NC(=O)C1(CCC(C)C)CCCCC1. The van der Waals surface area contributed by atoms with E-state index in [2.05, 4.69) is 19.2 Å². The van der Waals surface area contributed by atoms with Gasteiger partial charge in [0.1, 0.15) is 0 Å². The molecule has 25 heavy (non-hydrogen) atoms. The third-order valence-electron chi connectivity index (χ3n) is 5.14. The molecule has 0 unspecified atom stereocenters. The molecule has 0 aromatic heterocycles. The summed E-state index contributed by atoms with van der Waals surface area (Å²) in [6.07, 6.45) is 7.99. The number of para-hydroxylation sites is 1. The van der Waals surface area contributed by atoms with E-state index in [0.29, 0.717) is 12.3 Å². The van der Waals surface area contributed by atoms with Crippen molar-refractivity contribution in [3.05, 3.63) is 24.3 Å². The van der Waals surface area contributed by atoms with Crippen molar-refractivity contribution >= 4 is 28.5 Å². The molecule has 1 N–H and O–H groups in total. The molecule has 1 aromatic rings. The predicted molar refractivity (Wildman–Crippen MR) is 106 cm³/mol. The summed E-state index contributed by atoms with van der Waals surface area (Å²) in [5.74, 6) is 0.751. The number of carbonyl (C=O) groups excluding carboxylic acids is 2. The number of amides is 1. The molecule has 0 saturated heterocycles. The van der Waals surface area contributed by atoms with Gasteiger partial charge in [0.05, 0.1) is 5.69 Å². The van der Waals surface area contributed by atoms with Gasteiger partial charge in [0.25, 0.3) is 0 Å². The molecule has 1 saturated carbocycles. The first-order chi connectivity index (χ1) is 12.0. The number of hydrogen-bond acceptors (Lipinski definition) is 3. The van der Waals surface area contributed by atoms with E-state index in [0.717, 1.165) is 49.1 Å². The van der Waals surface area contributed by atoms with Crippen LogP contribution >= 0.6 is 11.8 Å². The van der Waals surface area contributed by atoms with Gasteiger partial charge in [-0.15, -0.1) is 0 Å². The van der Waals surface area contributed by atoms with Gasteiger partial charge in [0.15, 0.2) is 5.12 Å². The van der Waals surface area contributed by atoms with E-state index in [-0.39, 0.29) is 16.4 Å². The van der Waals surface area contributed by atoms with Crippen molar-refractivity contribution in [3.8, 4) is 0 Å². The number of thioether (sulfide) groups is 1. The Bertz CT molecular complexity index is 591. The van der Waals surface area contributed by atoms with Crippen molar-refractivity contribution < 1.29 is 9.59 Å². The third kappa shape index (κ3) is 5.60. The molecule has 1 amide bonds. The van der Waals surface area contributed by atoms with Gasteiger partial charge in [-0.25, -0.2) is 0 Å². The smallest absolute Gasteiger partial charge is 0.230 e. The van der Waals surface area contributed by atoms with Gasteiger partial charge < -0.3 is 5.32 Å². The highest BCUT2D eigenvalue weighted by atomic mass is 32.2. The van der Waals surface area contributed by atoms with Crippen LogP contribution in [0.3, 0.4) is 0 Å². The lowest BCUT2D eigenvalue weighted by molar-refractivity contribution is -0.128. The maximum atomic E-state index is 13.2. The van der Waals surface area contributed by atoms with E-state index in [1.165, 1.54) is 18.2 Å². The molecule has 0 aliphatic heterocycles. The van der Waals surface area contributed by atoms with E-state index >= 15 is 0 Å². The van der Waals surface area contributed by atoms with Gasteiger partial charge in [0.2, 0.25) is 5.91 Å². The number of benzene rings is 1. The Labute approximate surface area is 156 Å². The van der Waals surface area contributed by atoms with E-state index in [4.69, 9.17) is 0 Å². The van der Waals surface area contributed by atoms with Crippen LogP contribution in [-0.4, -0.2) is 11.0 Å². The molecule has 1 aliphatic rings. The van der Waals surface area contributed by atoms with Gasteiger partial charge in [-0.05, 0) is 55.5 Å². The van der Waals surface area contributed by atoms with Crippen LogP contribution in [-0.2, 0) is 9.59 Å². The van der Waals surface area contributed by atoms with Crippen molar-refractivity contribution in [3.63, 3.8) is 0 Å². The molecule has 1 fully saturated rings. The largest absolute Gasteiger partial charge is 0.325 e. The molecule has 0 spiro atoms. The molecule has 0 bridgehead atoms. The van der Waals surface area contributed by atoms with E-state index < -0.39 is 0 Å². The average Bonchev–Trinajstić information content (AvgIpc) is 2.62. The minimum absolute atomic E-state index is 0.119.